The summed E-state index contributed by atoms with van der Waals surface area (Å²) in [6.07, 6.45) is 0. The number of carbonyl (C=O) groups is 2. The Labute approximate surface area is 144 Å². The van der Waals surface area contributed by atoms with Crippen LogP contribution in [-0.2, 0) is 4.79 Å². The van der Waals surface area contributed by atoms with Crippen LogP contribution in [0.5, 0.6) is 0 Å². The molecule has 2 aromatic rings. The molecule has 2 rings (SSSR count). The minimum atomic E-state index is -1.13. The number of carboxylic acid groups (broad SMARTS) is 1. The van der Waals surface area contributed by atoms with Gasteiger partial charge in [-0.3, -0.25) is 4.79 Å². The lowest BCUT2D eigenvalue weighted by Crippen LogP contribution is -2.44. The Morgan fingerprint density at radius 2 is 1.92 bits per heavy atom. The van der Waals surface area contributed by atoms with Crippen molar-refractivity contribution in [3.05, 3.63) is 41.7 Å². The number of hydrogen-bond donors (Lipinski definition) is 2. The second-order valence-electron chi connectivity index (χ2n) is 6.37. The highest BCUT2D eigenvalue weighted by molar-refractivity contribution is 5.93. The fourth-order valence-corrected chi connectivity index (χ4v) is 2.31. The number of nitrogens with one attached hydrogen (secondary N) is 1. The Hall–Kier alpha value is -2.77. The van der Waals surface area contributed by atoms with Gasteiger partial charge in [-0.2, -0.15) is 0 Å². The van der Waals surface area contributed by atoms with E-state index in [1.165, 1.54) is 22.9 Å². The van der Waals surface area contributed by atoms with Gasteiger partial charge in [0.1, 0.15) is 17.7 Å². The van der Waals surface area contributed by atoms with Gasteiger partial charge in [-0.05, 0) is 24.1 Å². The van der Waals surface area contributed by atoms with Gasteiger partial charge in [0.25, 0.3) is 5.91 Å². The highest BCUT2D eigenvalue weighted by Gasteiger charge is 2.27. The molecule has 0 unspecified atom stereocenters. The first kappa shape index (κ1) is 18.6. The summed E-state index contributed by atoms with van der Waals surface area (Å²) in [4.78, 5) is 27.8. The highest BCUT2D eigenvalue weighted by Crippen LogP contribution is 2.18. The average molecular weight is 348 g/mol. The predicted molar refractivity (Wildman–Crippen MR) is 89.1 cm³/mol. The Kier molecular flexibility index (Phi) is 5.51. The lowest BCUT2D eigenvalue weighted by atomic mass is 10.0. The maximum absolute atomic E-state index is 13.5. The van der Waals surface area contributed by atoms with E-state index in [-0.39, 0.29) is 17.7 Å². The quantitative estimate of drug-likeness (QED) is 0.835. The molecule has 0 aliphatic rings. The largest absolute Gasteiger partial charge is 0.480 e. The Morgan fingerprint density at radius 3 is 2.44 bits per heavy atom. The topological polar surface area (TPSA) is 97.1 Å². The molecule has 0 saturated heterocycles. The molecule has 1 atom stereocenters. The number of aliphatic carboxylic acids is 1. The van der Waals surface area contributed by atoms with Gasteiger partial charge in [0.15, 0.2) is 0 Å². The molecule has 1 amide bonds. The maximum atomic E-state index is 13.5. The molecule has 0 spiro atoms. The number of nitrogens with zero attached hydrogens (tertiary/aromatic N) is 3. The normalized spacial score (nSPS) is 12.4. The first-order chi connectivity index (χ1) is 11.7. The molecule has 134 valence electrons. The summed E-state index contributed by atoms with van der Waals surface area (Å²) in [6.45, 7) is 7.13. The molecule has 0 aliphatic carbocycles. The molecule has 1 heterocycles. The third-order valence-corrected chi connectivity index (χ3v) is 3.62. The van der Waals surface area contributed by atoms with Gasteiger partial charge in [0.2, 0.25) is 5.82 Å². The van der Waals surface area contributed by atoms with Crippen molar-refractivity contribution in [1.82, 2.24) is 20.1 Å². The molecule has 25 heavy (non-hydrogen) atoms. The van der Waals surface area contributed by atoms with Crippen molar-refractivity contribution in [1.29, 1.82) is 0 Å². The van der Waals surface area contributed by atoms with Crippen LogP contribution >= 0.6 is 0 Å². The minimum absolute atomic E-state index is 0.0716. The van der Waals surface area contributed by atoms with Gasteiger partial charge < -0.3 is 10.4 Å². The van der Waals surface area contributed by atoms with Crippen molar-refractivity contribution < 1.29 is 19.1 Å². The van der Waals surface area contributed by atoms with Crippen LogP contribution < -0.4 is 5.32 Å². The fraction of sp³-hybridized carbons (Fsp3) is 0.412. The lowest BCUT2D eigenvalue weighted by molar-refractivity contribution is -0.140. The highest BCUT2D eigenvalue weighted by atomic mass is 19.1. The summed E-state index contributed by atoms with van der Waals surface area (Å²) in [5.41, 5.74) is 0.439. The molecule has 7 nitrogen and oxygen atoms in total. The molecule has 2 N–H and O–H groups in total. The number of carbonyl (C=O) groups excluding carboxylic acids is 1. The van der Waals surface area contributed by atoms with Gasteiger partial charge in [-0.15, -0.1) is 5.10 Å². The SMILES string of the molecule is CC(C)c1nc(C(=O)N[C@@H](C(=O)O)C(C)C)nn1-c1cccc(F)c1. The summed E-state index contributed by atoms with van der Waals surface area (Å²) >= 11 is 0. The van der Waals surface area contributed by atoms with Crippen LogP contribution in [0.1, 0.15) is 50.1 Å². The monoisotopic (exact) mass is 348 g/mol. The molecule has 8 heteroatoms. The van der Waals surface area contributed by atoms with Crippen LogP contribution in [0.3, 0.4) is 0 Å². The molecule has 0 radical (unpaired) electrons. The van der Waals surface area contributed by atoms with Crippen molar-refractivity contribution in [3.63, 3.8) is 0 Å². The number of halogens is 1. The first-order valence-electron chi connectivity index (χ1n) is 7.97. The standard InChI is InChI=1S/C17H21FN4O3/c1-9(2)13(17(24)25)19-16(23)14-20-15(10(3)4)22(21-14)12-7-5-6-11(18)8-12/h5-10,13H,1-4H3,(H,19,23)(H,24,25)/t13-/m1/s1. The Balaban J connectivity index is 2.38. The van der Waals surface area contributed by atoms with E-state index in [0.717, 1.165) is 0 Å². The van der Waals surface area contributed by atoms with Crippen LogP contribution in [0, 0.1) is 11.7 Å². The fourth-order valence-electron chi connectivity index (χ4n) is 2.31. The average Bonchev–Trinajstić information content (AvgIpc) is 2.97. The van der Waals surface area contributed by atoms with E-state index in [1.54, 1.807) is 19.9 Å². The smallest absolute Gasteiger partial charge is 0.326 e. The van der Waals surface area contributed by atoms with Crippen molar-refractivity contribution in [2.24, 2.45) is 5.92 Å². The van der Waals surface area contributed by atoms with E-state index in [4.69, 9.17) is 0 Å². The van der Waals surface area contributed by atoms with Crippen molar-refractivity contribution >= 4 is 11.9 Å². The third-order valence-electron chi connectivity index (χ3n) is 3.62. The van der Waals surface area contributed by atoms with Crippen LogP contribution in [0.4, 0.5) is 4.39 Å². The van der Waals surface area contributed by atoms with Gasteiger partial charge in [-0.25, -0.2) is 18.9 Å². The maximum Gasteiger partial charge on any atom is 0.326 e. The third kappa shape index (κ3) is 4.20. The molecule has 0 aliphatic heterocycles. The van der Waals surface area contributed by atoms with E-state index < -0.39 is 23.7 Å². The summed E-state index contributed by atoms with van der Waals surface area (Å²) in [5, 5.41) is 15.8. The van der Waals surface area contributed by atoms with Crippen LogP contribution in [0.2, 0.25) is 0 Å². The van der Waals surface area contributed by atoms with Gasteiger partial charge in [0.05, 0.1) is 5.69 Å². The summed E-state index contributed by atoms with van der Waals surface area (Å²) < 4.78 is 14.9. The number of benzene rings is 1. The first-order valence-corrected chi connectivity index (χ1v) is 7.97. The molecular formula is C17H21FN4O3. The van der Waals surface area contributed by atoms with E-state index in [1.807, 2.05) is 13.8 Å². The van der Waals surface area contributed by atoms with Crippen LogP contribution in [0.15, 0.2) is 24.3 Å². The van der Waals surface area contributed by atoms with Gasteiger partial charge >= 0.3 is 5.97 Å². The number of amides is 1. The molecule has 0 saturated carbocycles. The van der Waals surface area contributed by atoms with Gasteiger partial charge in [-0.1, -0.05) is 33.8 Å². The van der Waals surface area contributed by atoms with E-state index in [0.29, 0.717) is 11.5 Å². The van der Waals surface area contributed by atoms with Crippen molar-refractivity contribution in [2.45, 2.75) is 39.7 Å². The zero-order chi connectivity index (χ0) is 18.7. The summed E-state index contributed by atoms with van der Waals surface area (Å²) in [6, 6.07) is 4.74. The molecule has 1 aromatic heterocycles. The van der Waals surface area contributed by atoms with Crippen LogP contribution in [-0.4, -0.2) is 37.8 Å². The predicted octanol–water partition coefficient (Wildman–Crippen LogP) is 2.37. The number of carboxylic acids is 1. The second-order valence-corrected chi connectivity index (χ2v) is 6.37. The van der Waals surface area contributed by atoms with Crippen molar-refractivity contribution in [3.8, 4) is 5.69 Å². The number of hydrogen-bond acceptors (Lipinski definition) is 4. The summed E-state index contributed by atoms with van der Waals surface area (Å²) in [5.74, 6) is -2.28. The van der Waals surface area contributed by atoms with E-state index >= 15 is 0 Å². The second kappa shape index (κ2) is 7.42. The van der Waals surface area contributed by atoms with Crippen LogP contribution in [0.25, 0.3) is 5.69 Å². The molecule has 1 aromatic carbocycles. The molecular weight excluding hydrogens is 327 g/mol. The van der Waals surface area contributed by atoms with Gasteiger partial charge in [0, 0.05) is 5.92 Å². The Bertz CT molecular complexity index is 786. The number of rotatable bonds is 6. The van der Waals surface area contributed by atoms with E-state index in [2.05, 4.69) is 15.4 Å². The zero-order valence-corrected chi connectivity index (χ0v) is 14.5. The molecule has 0 fully saturated rings. The minimum Gasteiger partial charge on any atom is -0.480 e. The van der Waals surface area contributed by atoms with E-state index in [9.17, 15) is 19.1 Å². The molecule has 0 bridgehead atoms. The number of aromatic nitrogens is 3. The zero-order valence-electron chi connectivity index (χ0n) is 14.5. The Morgan fingerprint density at radius 1 is 1.24 bits per heavy atom. The summed E-state index contributed by atoms with van der Waals surface area (Å²) in [7, 11) is 0. The van der Waals surface area contributed by atoms with Crippen molar-refractivity contribution in [2.75, 3.05) is 0 Å². The lowest BCUT2D eigenvalue weighted by Gasteiger charge is -2.16.